The molecular formula is C14H19N3O3S. The molecule has 0 saturated heterocycles. The van der Waals surface area contributed by atoms with E-state index in [0.717, 1.165) is 12.0 Å². The van der Waals surface area contributed by atoms with E-state index >= 15 is 0 Å². The van der Waals surface area contributed by atoms with Crippen LogP contribution in [0.4, 0.5) is 5.69 Å². The number of aromatic nitrogens is 2. The molecule has 0 saturated carbocycles. The van der Waals surface area contributed by atoms with Crippen molar-refractivity contribution in [2.45, 2.75) is 31.2 Å². The van der Waals surface area contributed by atoms with Crippen LogP contribution < -0.4 is 4.72 Å². The van der Waals surface area contributed by atoms with E-state index in [1.165, 1.54) is 17.1 Å². The SMILES string of the molecule is CCc1ccccc1NS(=O)(=O)c1cnn(CCCO)c1. The number of rotatable bonds is 7. The van der Waals surface area contributed by atoms with Gasteiger partial charge >= 0.3 is 0 Å². The van der Waals surface area contributed by atoms with Crippen molar-refractivity contribution in [3.63, 3.8) is 0 Å². The first-order valence-electron chi connectivity index (χ1n) is 6.81. The number of aliphatic hydroxyl groups excluding tert-OH is 1. The van der Waals surface area contributed by atoms with Crippen molar-refractivity contribution in [2.75, 3.05) is 11.3 Å². The third-order valence-electron chi connectivity index (χ3n) is 3.11. The molecule has 0 fully saturated rings. The minimum absolute atomic E-state index is 0.0457. The van der Waals surface area contributed by atoms with Crippen LogP contribution in [0.25, 0.3) is 0 Å². The maximum absolute atomic E-state index is 12.3. The zero-order valence-corrected chi connectivity index (χ0v) is 12.7. The van der Waals surface area contributed by atoms with Gasteiger partial charge in [0.25, 0.3) is 10.0 Å². The highest BCUT2D eigenvalue weighted by Crippen LogP contribution is 2.20. The third kappa shape index (κ3) is 3.83. The number of aliphatic hydroxyl groups is 1. The molecule has 1 heterocycles. The third-order valence-corrected chi connectivity index (χ3v) is 4.43. The second-order valence-electron chi connectivity index (χ2n) is 4.63. The number of hydrogen-bond acceptors (Lipinski definition) is 4. The number of benzene rings is 1. The van der Waals surface area contributed by atoms with Crippen molar-refractivity contribution < 1.29 is 13.5 Å². The Morgan fingerprint density at radius 1 is 1.33 bits per heavy atom. The molecule has 2 N–H and O–H groups in total. The summed E-state index contributed by atoms with van der Waals surface area (Å²) < 4.78 is 28.8. The molecule has 0 aliphatic rings. The summed E-state index contributed by atoms with van der Waals surface area (Å²) in [6.45, 7) is 2.50. The molecule has 2 aromatic rings. The Morgan fingerprint density at radius 3 is 2.81 bits per heavy atom. The van der Waals surface area contributed by atoms with Gasteiger partial charge in [-0.15, -0.1) is 0 Å². The fourth-order valence-corrected chi connectivity index (χ4v) is 3.02. The lowest BCUT2D eigenvalue weighted by Crippen LogP contribution is -2.13. The maximum atomic E-state index is 12.3. The van der Waals surface area contributed by atoms with Gasteiger partial charge in [-0.1, -0.05) is 25.1 Å². The lowest BCUT2D eigenvalue weighted by Gasteiger charge is -2.10. The lowest BCUT2D eigenvalue weighted by atomic mass is 10.1. The molecule has 0 bridgehead atoms. The summed E-state index contributed by atoms with van der Waals surface area (Å²) in [6, 6.07) is 7.31. The van der Waals surface area contributed by atoms with E-state index in [1.54, 1.807) is 12.1 Å². The van der Waals surface area contributed by atoms with Crippen molar-refractivity contribution in [3.8, 4) is 0 Å². The van der Waals surface area contributed by atoms with Crippen LogP contribution in [-0.2, 0) is 23.0 Å². The number of nitrogens with zero attached hydrogens (tertiary/aromatic N) is 2. The standard InChI is InChI=1S/C14H19N3O3S/c1-2-12-6-3-4-7-14(12)16-21(19,20)13-10-15-17(11-13)8-5-9-18/h3-4,6-7,10-11,16,18H,2,5,8-9H2,1H3. The van der Waals surface area contributed by atoms with Gasteiger partial charge in [0, 0.05) is 19.3 Å². The Balaban J connectivity index is 2.20. The molecule has 0 spiro atoms. The summed E-state index contributed by atoms with van der Waals surface area (Å²) in [5.74, 6) is 0. The minimum Gasteiger partial charge on any atom is -0.396 e. The molecule has 0 atom stereocenters. The highest BCUT2D eigenvalue weighted by molar-refractivity contribution is 7.92. The van der Waals surface area contributed by atoms with Gasteiger partial charge in [-0.25, -0.2) is 8.42 Å². The summed E-state index contributed by atoms with van der Waals surface area (Å²) in [4.78, 5) is 0.117. The van der Waals surface area contributed by atoms with Gasteiger partial charge < -0.3 is 5.11 Å². The van der Waals surface area contributed by atoms with Gasteiger partial charge in [-0.2, -0.15) is 5.10 Å². The largest absolute Gasteiger partial charge is 0.396 e. The van der Waals surface area contributed by atoms with E-state index in [2.05, 4.69) is 9.82 Å². The Kier molecular flexibility index (Phi) is 4.98. The smallest absolute Gasteiger partial charge is 0.265 e. The van der Waals surface area contributed by atoms with E-state index < -0.39 is 10.0 Å². The van der Waals surface area contributed by atoms with Crippen molar-refractivity contribution in [3.05, 3.63) is 42.2 Å². The van der Waals surface area contributed by atoms with Crippen LogP contribution in [0.1, 0.15) is 18.9 Å². The van der Waals surface area contributed by atoms with Gasteiger partial charge in [0.1, 0.15) is 4.90 Å². The summed E-state index contributed by atoms with van der Waals surface area (Å²) in [5.41, 5.74) is 1.52. The molecular weight excluding hydrogens is 290 g/mol. The molecule has 21 heavy (non-hydrogen) atoms. The van der Waals surface area contributed by atoms with Gasteiger partial charge in [-0.3, -0.25) is 9.40 Å². The number of nitrogens with one attached hydrogen (secondary N) is 1. The average molecular weight is 309 g/mol. The molecule has 1 aromatic carbocycles. The van der Waals surface area contributed by atoms with Crippen LogP contribution in [0.2, 0.25) is 0 Å². The first kappa shape index (κ1) is 15.5. The van der Waals surface area contributed by atoms with E-state index in [1.807, 2.05) is 19.1 Å². The zero-order chi connectivity index (χ0) is 15.3. The average Bonchev–Trinajstić information content (AvgIpc) is 2.95. The molecule has 0 unspecified atom stereocenters. The molecule has 1 aromatic heterocycles. The van der Waals surface area contributed by atoms with Crippen molar-refractivity contribution in [1.82, 2.24) is 9.78 Å². The van der Waals surface area contributed by atoms with Crippen molar-refractivity contribution in [2.24, 2.45) is 0 Å². The summed E-state index contributed by atoms with van der Waals surface area (Å²) >= 11 is 0. The Morgan fingerprint density at radius 2 is 2.10 bits per heavy atom. The van der Waals surface area contributed by atoms with E-state index in [9.17, 15) is 8.42 Å². The van der Waals surface area contributed by atoms with Crippen LogP contribution in [-0.4, -0.2) is 29.9 Å². The highest BCUT2D eigenvalue weighted by atomic mass is 32.2. The Bertz CT molecular complexity index is 695. The lowest BCUT2D eigenvalue weighted by molar-refractivity contribution is 0.277. The second-order valence-corrected chi connectivity index (χ2v) is 6.31. The summed E-state index contributed by atoms with van der Waals surface area (Å²) in [7, 11) is -3.65. The molecule has 2 rings (SSSR count). The molecule has 0 aliphatic carbocycles. The normalized spacial score (nSPS) is 11.5. The predicted octanol–water partition coefficient (Wildman–Crippen LogP) is 1.63. The molecule has 6 nitrogen and oxygen atoms in total. The van der Waals surface area contributed by atoms with E-state index in [4.69, 9.17) is 5.11 Å². The van der Waals surface area contributed by atoms with Gasteiger partial charge in [-0.05, 0) is 24.5 Å². The number of aryl methyl sites for hydroxylation is 2. The molecule has 0 aliphatic heterocycles. The van der Waals surface area contributed by atoms with E-state index in [-0.39, 0.29) is 11.5 Å². The topological polar surface area (TPSA) is 84.2 Å². The number of sulfonamides is 1. The number of para-hydroxylation sites is 1. The molecule has 114 valence electrons. The summed E-state index contributed by atoms with van der Waals surface area (Å²) in [5, 5.41) is 12.8. The Hall–Kier alpha value is -1.86. The fraction of sp³-hybridized carbons (Fsp3) is 0.357. The quantitative estimate of drug-likeness (QED) is 0.814. The van der Waals surface area contributed by atoms with Crippen molar-refractivity contribution >= 4 is 15.7 Å². The minimum atomic E-state index is -3.65. The van der Waals surface area contributed by atoms with E-state index in [0.29, 0.717) is 18.7 Å². The fourth-order valence-electron chi connectivity index (χ4n) is 1.97. The van der Waals surface area contributed by atoms with Crippen LogP contribution >= 0.6 is 0 Å². The predicted molar refractivity (Wildman–Crippen MR) is 80.6 cm³/mol. The van der Waals surface area contributed by atoms with Crippen molar-refractivity contribution in [1.29, 1.82) is 0 Å². The maximum Gasteiger partial charge on any atom is 0.265 e. The monoisotopic (exact) mass is 309 g/mol. The first-order valence-corrected chi connectivity index (χ1v) is 8.29. The zero-order valence-electron chi connectivity index (χ0n) is 11.9. The Labute approximate surface area is 124 Å². The summed E-state index contributed by atoms with van der Waals surface area (Å²) in [6.07, 6.45) is 4.06. The molecule has 7 heteroatoms. The van der Waals surface area contributed by atoms with Crippen LogP contribution in [0.15, 0.2) is 41.6 Å². The first-order chi connectivity index (χ1) is 10.1. The van der Waals surface area contributed by atoms with Crippen LogP contribution in [0.5, 0.6) is 0 Å². The van der Waals surface area contributed by atoms with Gasteiger partial charge in [0.15, 0.2) is 0 Å². The highest BCUT2D eigenvalue weighted by Gasteiger charge is 2.17. The number of anilines is 1. The van der Waals surface area contributed by atoms with Gasteiger partial charge in [0.05, 0.1) is 11.9 Å². The van der Waals surface area contributed by atoms with Crippen LogP contribution in [0, 0.1) is 0 Å². The molecule has 0 radical (unpaired) electrons. The second kappa shape index (κ2) is 6.73. The van der Waals surface area contributed by atoms with Crippen LogP contribution in [0.3, 0.4) is 0 Å². The van der Waals surface area contributed by atoms with Gasteiger partial charge in [0.2, 0.25) is 0 Å². The molecule has 0 amide bonds. The number of hydrogen-bond donors (Lipinski definition) is 2.